The Hall–Kier alpha value is -4.11. The Kier molecular flexibility index (Phi) is 5.45. The number of amides is 3. The van der Waals surface area contributed by atoms with Crippen molar-refractivity contribution in [3.63, 3.8) is 0 Å². The first-order valence-electron chi connectivity index (χ1n) is 8.19. The summed E-state index contributed by atoms with van der Waals surface area (Å²) in [4.78, 5) is 24.2. The average molecular weight is 356 g/mol. The third-order valence-electron chi connectivity index (χ3n) is 3.71. The summed E-state index contributed by atoms with van der Waals surface area (Å²) in [7, 11) is 0. The fraction of sp³-hybridized carbons (Fsp3) is 0. The molecule has 6 heteroatoms. The maximum atomic E-state index is 12.3. The van der Waals surface area contributed by atoms with Gasteiger partial charge in [0.2, 0.25) is 0 Å². The fourth-order valence-electron chi connectivity index (χ4n) is 2.35. The Labute approximate surface area is 156 Å². The highest BCUT2D eigenvalue weighted by Crippen LogP contribution is 2.14. The predicted octanol–water partition coefficient (Wildman–Crippen LogP) is 4.45. The molecule has 0 atom stereocenters. The van der Waals surface area contributed by atoms with Gasteiger partial charge in [0.05, 0.1) is 11.6 Å². The zero-order valence-corrected chi connectivity index (χ0v) is 14.3. The Bertz CT molecular complexity index is 975. The van der Waals surface area contributed by atoms with E-state index < -0.39 is 0 Å². The van der Waals surface area contributed by atoms with E-state index in [2.05, 4.69) is 16.0 Å². The van der Waals surface area contributed by atoms with Gasteiger partial charge in [0.15, 0.2) is 0 Å². The van der Waals surface area contributed by atoms with E-state index in [9.17, 15) is 9.59 Å². The van der Waals surface area contributed by atoms with Gasteiger partial charge < -0.3 is 16.0 Å². The van der Waals surface area contributed by atoms with Crippen LogP contribution in [-0.2, 0) is 0 Å². The molecule has 6 nitrogen and oxygen atoms in total. The number of benzene rings is 3. The molecule has 0 aromatic heterocycles. The van der Waals surface area contributed by atoms with Crippen LogP contribution in [-0.4, -0.2) is 11.9 Å². The number of hydrogen-bond acceptors (Lipinski definition) is 3. The third kappa shape index (κ3) is 4.94. The van der Waals surface area contributed by atoms with Gasteiger partial charge in [-0.2, -0.15) is 5.26 Å². The van der Waals surface area contributed by atoms with E-state index in [0.29, 0.717) is 28.2 Å². The van der Waals surface area contributed by atoms with E-state index in [1.807, 2.05) is 24.3 Å². The van der Waals surface area contributed by atoms with Crippen molar-refractivity contribution in [2.45, 2.75) is 0 Å². The highest BCUT2D eigenvalue weighted by molar-refractivity contribution is 6.05. The minimum atomic E-state index is -0.365. The minimum absolute atomic E-state index is 0.278. The first kappa shape index (κ1) is 17.7. The molecule has 132 valence electrons. The molecule has 0 fully saturated rings. The Morgan fingerprint density at radius 2 is 1.19 bits per heavy atom. The van der Waals surface area contributed by atoms with Gasteiger partial charge >= 0.3 is 6.03 Å². The quantitative estimate of drug-likeness (QED) is 0.644. The summed E-state index contributed by atoms with van der Waals surface area (Å²) in [6.07, 6.45) is 0. The molecule has 0 saturated heterocycles. The first-order chi connectivity index (χ1) is 13.1. The molecule has 3 aromatic rings. The molecular formula is C21H16N4O2. The molecule has 0 aliphatic rings. The van der Waals surface area contributed by atoms with Crippen molar-refractivity contribution in [3.05, 3.63) is 90.0 Å². The summed E-state index contributed by atoms with van der Waals surface area (Å²) in [5, 5.41) is 17.0. The third-order valence-corrected chi connectivity index (χ3v) is 3.71. The smallest absolute Gasteiger partial charge is 0.322 e. The number of hydrogen-bond donors (Lipinski definition) is 3. The summed E-state index contributed by atoms with van der Waals surface area (Å²) in [5.74, 6) is -0.278. The number of carbonyl (C=O) groups excluding carboxylic acids is 2. The van der Waals surface area contributed by atoms with Crippen LogP contribution in [0.25, 0.3) is 0 Å². The van der Waals surface area contributed by atoms with Crippen LogP contribution in [0.3, 0.4) is 0 Å². The molecule has 27 heavy (non-hydrogen) atoms. The van der Waals surface area contributed by atoms with E-state index in [1.54, 1.807) is 60.7 Å². The second-order valence-electron chi connectivity index (χ2n) is 5.67. The monoisotopic (exact) mass is 356 g/mol. The Balaban J connectivity index is 1.58. The summed E-state index contributed by atoms with van der Waals surface area (Å²) in [6, 6.07) is 23.9. The van der Waals surface area contributed by atoms with Crippen LogP contribution in [0.5, 0.6) is 0 Å². The van der Waals surface area contributed by atoms with Crippen LogP contribution in [0.15, 0.2) is 78.9 Å². The standard InChI is InChI=1S/C21H16N4O2/c22-14-15-6-10-18(11-7-15)23-20(26)16-8-12-19(13-9-16)25-21(27)24-17-4-2-1-3-5-17/h1-13H,(H,23,26)(H2,24,25,27). The second kappa shape index (κ2) is 8.32. The van der Waals surface area contributed by atoms with Crippen LogP contribution >= 0.6 is 0 Å². The number of carbonyl (C=O) groups is 2. The molecule has 3 aromatic carbocycles. The lowest BCUT2D eigenvalue weighted by atomic mass is 10.1. The van der Waals surface area contributed by atoms with Gasteiger partial charge in [-0.25, -0.2) is 4.79 Å². The van der Waals surface area contributed by atoms with Crippen LogP contribution in [0.2, 0.25) is 0 Å². The van der Waals surface area contributed by atoms with Crippen LogP contribution in [0.4, 0.5) is 21.9 Å². The van der Waals surface area contributed by atoms with Crippen molar-refractivity contribution in [2.24, 2.45) is 0 Å². The van der Waals surface area contributed by atoms with Gasteiger partial charge in [-0.1, -0.05) is 18.2 Å². The summed E-state index contributed by atoms with van der Waals surface area (Å²) >= 11 is 0. The molecule has 0 saturated carbocycles. The fourth-order valence-corrected chi connectivity index (χ4v) is 2.35. The summed E-state index contributed by atoms with van der Waals surface area (Å²) in [5.41, 5.74) is 2.83. The highest BCUT2D eigenvalue weighted by Gasteiger charge is 2.07. The Morgan fingerprint density at radius 3 is 1.78 bits per heavy atom. The van der Waals surface area contributed by atoms with Crippen LogP contribution < -0.4 is 16.0 Å². The normalized spacial score (nSPS) is 9.74. The molecule has 3 amide bonds. The number of rotatable bonds is 4. The average Bonchev–Trinajstić information content (AvgIpc) is 2.70. The van der Waals surface area contributed by atoms with Gasteiger partial charge in [-0.15, -0.1) is 0 Å². The maximum Gasteiger partial charge on any atom is 0.323 e. The van der Waals surface area contributed by atoms with Crippen LogP contribution in [0, 0.1) is 11.3 Å². The summed E-state index contributed by atoms with van der Waals surface area (Å²) in [6.45, 7) is 0. The maximum absolute atomic E-state index is 12.3. The van der Waals surface area contributed by atoms with Gasteiger partial charge in [0, 0.05) is 22.6 Å². The minimum Gasteiger partial charge on any atom is -0.322 e. The zero-order chi connectivity index (χ0) is 19.1. The number of urea groups is 1. The lowest BCUT2D eigenvalue weighted by molar-refractivity contribution is 0.102. The SMILES string of the molecule is N#Cc1ccc(NC(=O)c2ccc(NC(=O)Nc3ccccc3)cc2)cc1. The highest BCUT2D eigenvalue weighted by atomic mass is 16.2. The Morgan fingerprint density at radius 1 is 0.667 bits per heavy atom. The number of nitriles is 1. The van der Waals surface area contributed by atoms with Gasteiger partial charge in [-0.3, -0.25) is 4.79 Å². The van der Waals surface area contributed by atoms with Crippen molar-refractivity contribution in [1.29, 1.82) is 5.26 Å². The molecular weight excluding hydrogens is 340 g/mol. The van der Waals surface area contributed by atoms with Crippen molar-refractivity contribution >= 4 is 29.0 Å². The molecule has 3 N–H and O–H groups in total. The van der Waals surface area contributed by atoms with Crippen molar-refractivity contribution in [1.82, 2.24) is 0 Å². The largest absolute Gasteiger partial charge is 0.323 e. The van der Waals surface area contributed by atoms with E-state index in [-0.39, 0.29) is 11.9 Å². The number of para-hydroxylation sites is 1. The van der Waals surface area contributed by atoms with E-state index in [0.717, 1.165) is 0 Å². The number of nitrogens with one attached hydrogen (secondary N) is 3. The molecule has 0 spiro atoms. The van der Waals surface area contributed by atoms with E-state index in [4.69, 9.17) is 5.26 Å². The summed E-state index contributed by atoms with van der Waals surface area (Å²) < 4.78 is 0. The molecule has 0 aliphatic heterocycles. The molecule has 3 rings (SSSR count). The molecule has 0 heterocycles. The molecule has 0 unspecified atom stereocenters. The molecule has 0 bridgehead atoms. The second-order valence-corrected chi connectivity index (χ2v) is 5.67. The lowest BCUT2D eigenvalue weighted by Crippen LogP contribution is -2.19. The van der Waals surface area contributed by atoms with Gasteiger partial charge in [0.25, 0.3) is 5.91 Å². The molecule has 0 radical (unpaired) electrons. The topological polar surface area (TPSA) is 94.0 Å². The van der Waals surface area contributed by atoms with Crippen molar-refractivity contribution in [3.8, 4) is 6.07 Å². The van der Waals surface area contributed by atoms with Crippen LogP contribution in [0.1, 0.15) is 15.9 Å². The molecule has 0 aliphatic carbocycles. The van der Waals surface area contributed by atoms with Gasteiger partial charge in [-0.05, 0) is 60.7 Å². The van der Waals surface area contributed by atoms with Crippen molar-refractivity contribution < 1.29 is 9.59 Å². The van der Waals surface area contributed by atoms with Gasteiger partial charge in [0.1, 0.15) is 0 Å². The van der Waals surface area contributed by atoms with Crippen molar-refractivity contribution in [2.75, 3.05) is 16.0 Å². The predicted molar refractivity (Wildman–Crippen MR) is 105 cm³/mol. The number of nitrogens with zero attached hydrogens (tertiary/aromatic N) is 1. The van der Waals surface area contributed by atoms with E-state index in [1.165, 1.54) is 0 Å². The lowest BCUT2D eigenvalue weighted by Gasteiger charge is -2.09. The zero-order valence-electron chi connectivity index (χ0n) is 14.3. The first-order valence-corrected chi connectivity index (χ1v) is 8.19. The van der Waals surface area contributed by atoms with E-state index >= 15 is 0 Å². The number of anilines is 3.